The molecule has 1 aromatic carbocycles. The molecule has 0 saturated heterocycles. The SMILES string of the molecule is CN(C)c1ccc(NCc2ccoc2)cc1. The number of rotatable bonds is 4. The molecule has 16 heavy (non-hydrogen) atoms. The molecule has 0 bridgehead atoms. The summed E-state index contributed by atoms with van der Waals surface area (Å²) in [6, 6.07) is 10.3. The van der Waals surface area contributed by atoms with Crippen molar-refractivity contribution in [3.05, 3.63) is 48.4 Å². The summed E-state index contributed by atoms with van der Waals surface area (Å²) in [5, 5.41) is 3.33. The fraction of sp³-hybridized carbons (Fsp3) is 0.231. The largest absolute Gasteiger partial charge is 0.472 e. The lowest BCUT2D eigenvalue weighted by molar-refractivity contribution is 0.564. The molecule has 3 heteroatoms. The summed E-state index contributed by atoms with van der Waals surface area (Å²) in [5.41, 5.74) is 3.47. The van der Waals surface area contributed by atoms with E-state index in [0.29, 0.717) is 0 Å². The summed E-state index contributed by atoms with van der Waals surface area (Å²) >= 11 is 0. The van der Waals surface area contributed by atoms with E-state index in [-0.39, 0.29) is 0 Å². The lowest BCUT2D eigenvalue weighted by Gasteiger charge is -2.13. The predicted molar refractivity (Wildman–Crippen MR) is 66.8 cm³/mol. The van der Waals surface area contributed by atoms with E-state index in [4.69, 9.17) is 4.42 Å². The second-order valence-electron chi connectivity index (χ2n) is 3.93. The van der Waals surface area contributed by atoms with Crippen LogP contribution in [0.1, 0.15) is 5.56 Å². The summed E-state index contributed by atoms with van der Waals surface area (Å²) in [6.07, 6.45) is 3.44. The number of nitrogens with zero attached hydrogens (tertiary/aromatic N) is 1. The molecule has 1 N–H and O–H groups in total. The minimum absolute atomic E-state index is 0.789. The van der Waals surface area contributed by atoms with Gasteiger partial charge in [-0.1, -0.05) is 0 Å². The maximum atomic E-state index is 5.01. The third kappa shape index (κ3) is 2.57. The van der Waals surface area contributed by atoms with E-state index in [1.807, 2.05) is 20.2 Å². The Balaban J connectivity index is 1.95. The van der Waals surface area contributed by atoms with Crippen LogP contribution in [0.25, 0.3) is 0 Å². The van der Waals surface area contributed by atoms with Crippen LogP contribution in [0, 0.1) is 0 Å². The van der Waals surface area contributed by atoms with Crippen LogP contribution in [0.15, 0.2) is 47.3 Å². The van der Waals surface area contributed by atoms with Crippen molar-refractivity contribution in [3.8, 4) is 0 Å². The molecule has 0 aliphatic carbocycles. The quantitative estimate of drug-likeness (QED) is 0.851. The Kier molecular flexibility index (Phi) is 3.15. The number of furan rings is 1. The van der Waals surface area contributed by atoms with Crippen LogP contribution in [-0.2, 0) is 6.54 Å². The van der Waals surface area contributed by atoms with Crippen molar-refractivity contribution in [1.82, 2.24) is 0 Å². The Bertz CT molecular complexity index is 418. The summed E-state index contributed by atoms with van der Waals surface area (Å²) in [5.74, 6) is 0. The van der Waals surface area contributed by atoms with Crippen LogP contribution in [0.5, 0.6) is 0 Å². The average Bonchev–Trinajstić information content (AvgIpc) is 2.80. The van der Waals surface area contributed by atoms with Gasteiger partial charge in [0.15, 0.2) is 0 Å². The van der Waals surface area contributed by atoms with Gasteiger partial charge in [-0.2, -0.15) is 0 Å². The normalized spacial score (nSPS) is 10.1. The highest BCUT2D eigenvalue weighted by molar-refractivity contribution is 5.54. The molecule has 0 unspecified atom stereocenters. The number of anilines is 2. The molecule has 0 fully saturated rings. The molecule has 1 heterocycles. The van der Waals surface area contributed by atoms with Crippen molar-refractivity contribution in [3.63, 3.8) is 0 Å². The number of nitrogens with one attached hydrogen (secondary N) is 1. The summed E-state index contributed by atoms with van der Waals surface area (Å²) in [4.78, 5) is 2.08. The van der Waals surface area contributed by atoms with Crippen LogP contribution in [-0.4, -0.2) is 14.1 Å². The molecule has 0 saturated carbocycles. The third-order valence-electron chi connectivity index (χ3n) is 2.46. The van der Waals surface area contributed by atoms with Gasteiger partial charge in [0, 0.05) is 37.6 Å². The first-order valence-electron chi connectivity index (χ1n) is 5.28. The number of benzene rings is 1. The molecule has 0 atom stereocenters. The minimum Gasteiger partial charge on any atom is -0.472 e. The Morgan fingerprint density at radius 3 is 2.44 bits per heavy atom. The van der Waals surface area contributed by atoms with Gasteiger partial charge >= 0.3 is 0 Å². The molecular weight excluding hydrogens is 200 g/mol. The van der Waals surface area contributed by atoms with Crippen LogP contribution in [0.3, 0.4) is 0 Å². The molecule has 2 rings (SSSR count). The zero-order chi connectivity index (χ0) is 11.4. The predicted octanol–water partition coefficient (Wildman–Crippen LogP) is 2.96. The molecule has 2 aromatic rings. The molecule has 3 nitrogen and oxygen atoms in total. The van der Waals surface area contributed by atoms with Crippen molar-refractivity contribution >= 4 is 11.4 Å². The van der Waals surface area contributed by atoms with Gasteiger partial charge in [0.25, 0.3) is 0 Å². The maximum Gasteiger partial charge on any atom is 0.0952 e. The summed E-state index contributed by atoms with van der Waals surface area (Å²) < 4.78 is 5.01. The molecule has 0 amide bonds. The zero-order valence-electron chi connectivity index (χ0n) is 9.60. The van der Waals surface area contributed by atoms with E-state index in [0.717, 1.165) is 17.8 Å². The maximum absolute atomic E-state index is 5.01. The van der Waals surface area contributed by atoms with Gasteiger partial charge in [0.1, 0.15) is 0 Å². The Hall–Kier alpha value is -1.90. The highest BCUT2D eigenvalue weighted by Crippen LogP contribution is 2.16. The topological polar surface area (TPSA) is 28.4 Å². The van der Waals surface area contributed by atoms with Crippen LogP contribution in [0.2, 0.25) is 0 Å². The molecule has 0 aliphatic rings. The molecule has 84 valence electrons. The van der Waals surface area contributed by atoms with Gasteiger partial charge in [0.05, 0.1) is 12.5 Å². The monoisotopic (exact) mass is 216 g/mol. The van der Waals surface area contributed by atoms with Crippen molar-refractivity contribution < 1.29 is 4.42 Å². The van der Waals surface area contributed by atoms with Crippen LogP contribution >= 0.6 is 0 Å². The smallest absolute Gasteiger partial charge is 0.0952 e. The van der Waals surface area contributed by atoms with Gasteiger partial charge in [-0.3, -0.25) is 0 Å². The molecule has 0 spiro atoms. The van der Waals surface area contributed by atoms with Crippen molar-refractivity contribution in [2.45, 2.75) is 6.54 Å². The lowest BCUT2D eigenvalue weighted by atomic mass is 10.2. The van der Waals surface area contributed by atoms with E-state index in [1.165, 1.54) is 5.69 Å². The third-order valence-corrected chi connectivity index (χ3v) is 2.46. The van der Waals surface area contributed by atoms with Crippen LogP contribution < -0.4 is 10.2 Å². The van der Waals surface area contributed by atoms with E-state index in [2.05, 4.69) is 34.5 Å². The highest BCUT2D eigenvalue weighted by atomic mass is 16.3. The number of hydrogen-bond acceptors (Lipinski definition) is 3. The Morgan fingerprint density at radius 1 is 1.12 bits per heavy atom. The Morgan fingerprint density at radius 2 is 1.88 bits per heavy atom. The Labute approximate surface area is 95.7 Å². The minimum atomic E-state index is 0.789. The highest BCUT2D eigenvalue weighted by Gasteiger charge is 1.97. The summed E-state index contributed by atoms with van der Waals surface area (Å²) in [7, 11) is 4.07. The number of hydrogen-bond donors (Lipinski definition) is 1. The van der Waals surface area contributed by atoms with E-state index < -0.39 is 0 Å². The average molecular weight is 216 g/mol. The van der Waals surface area contributed by atoms with Crippen LogP contribution in [0.4, 0.5) is 11.4 Å². The second kappa shape index (κ2) is 4.75. The first-order valence-corrected chi connectivity index (χ1v) is 5.28. The molecule has 0 aliphatic heterocycles. The molecule has 1 aromatic heterocycles. The van der Waals surface area contributed by atoms with Gasteiger partial charge in [0.2, 0.25) is 0 Å². The van der Waals surface area contributed by atoms with Crippen molar-refractivity contribution in [2.24, 2.45) is 0 Å². The molecule has 0 radical (unpaired) electrons. The van der Waals surface area contributed by atoms with Gasteiger partial charge < -0.3 is 14.6 Å². The van der Waals surface area contributed by atoms with Gasteiger partial charge in [-0.15, -0.1) is 0 Å². The second-order valence-corrected chi connectivity index (χ2v) is 3.93. The van der Waals surface area contributed by atoms with Crippen molar-refractivity contribution in [1.29, 1.82) is 0 Å². The fourth-order valence-electron chi connectivity index (χ4n) is 1.47. The van der Waals surface area contributed by atoms with E-state index in [1.54, 1.807) is 12.5 Å². The standard InChI is InChI=1S/C13H16N2O/c1-15(2)13-5-3-12(4-6-13)14-9-11-7-8-16-10-11/h3-8,10,14H,9H2,1-2H3. The van der Waals surface area contributed by atoms with E-state index in [9.17, 15) is 0 Å². The first-order chi connectivity index (χ1) is 7.75. The molecular formula is C13H16N2O. The van der Waals surface area contributed by atoms with Gasteiger partial charge in [-0.05, 0) is 30.3 Å². The zero-order valence-corrected chi connectivity index (χ0v) is 9.60. The first kappa shape index (κ1) is 10.6. The lowest BCUT2D eigenvalue weighted by Crippen LogP contribution is -2.08. The van der Waals surface area contributed by atoms with E-state index >= 15 is 0 Å². The fourth-order valence-corrected chi connectivity index (χ4v) is 1.47. The van der Waals surface area contributed by atoms with Gasteiger partial charge in [-0.25, -0.2) is 0 Å². The summed E-state index contributed by atoms with van der Waals surface area (Å²) in [6.45, 7) is 0.789. The van der Waals surface area contributed by atoms with Crippen molar-refractivity contribution in [2.75, 3.05) is 24.3 Å².